The molecule has 1 aliphatic heterocycles. The Morgan fingerprint density at radius 1 is 1.32 bits per heavy atom. The Kier molecular flexibility index (Phi) is 6.96. The van der Waals surface area contributed by atoms with E-state index in [0.717, 1.165) is 38.0 Å². The summed E-state index contributed by atoms with van der Waals surface area (Å²) in [6.07, 6.45) is 4.78. The maximum atomic E-state index is 13.2. The first kappa shape index (κ1) is 19.4. The number of halogens is 1. The van der Waals surface area contributed by atoms with Gasteiger partial charge in [0, 0.05) is 12.2 Å². The molecule has 1 aliphatic rings. The molecule has 6 nitrogen and oxygen atoms in total. The van der Waals surface area contributed by atoms with Crippen LogP contribution in [0.15, 0.2) is 28.9 Å². The number of amides is 1. The van der Waals surface area contributed by atoms with Gasteiger partial charge in [0.2, 0.25) is 0 Å². The van der Waals surface area contributed by atoms with Crippen LogP contribution < -0.4 is 5.32 Å². The van der Waals surface area contributed by atoms with Gasteiger partial charge < -0.3 is 14.7 Å². The van der Waals surface area contributed by atoms with Crippen molar-refractivity contribution in [3.63, 3.8) is 0 Å². The van der Waals surface area contributed by atoms with Crippen LogP contribution >= 0.6 is 12.4 Å². The summed E-state index contributed by atoms with van der Waals surface area (Å²) in [5.74, 6) is 0.569. The van der Waals surface area contributed by atoms with E-state index in [9.17, 15) is 4.79 Å². The third-order valence-corrected chi connectivity index (χ3v) is 4.55. The zero-order chi connectivity index (χ0) is 16.9. The van der Waals surface area contributed by atoms with Crippen molar-refractivity contribution >= 4 is 18.3 Å². The highest BCUT2D eigenvalue weighted by atomic mass is 35.5. The average molecular weight is 365 g/mol. The molecule has 1 N–H and O–H groups in total. The molecule has 1 unspecified atom stereocenters. The Morgan fingerprint density at radius 2 is 2.16 bits per heavy atom. The van der Waals surface area contributed by atoms with Crippen molar-refractivity contribution in [2.75, 3.05) is 13.1 Å². The van der Waals surface area contributed by atoms with Crippen LogP contribution in [0.25, 0.3) is 0 Å². The Morgan fingerprint density at radius 3 is 2.84 bits per heavy atom. The molecule has 1 saturated heterocycles. The van der Waals surface area contributed by atoms with Gasteiger partial charge in [-0.3, -0.25) is 9.78 Å². The fourth-order valence-electron chi connectivity index (χ4n) is 3.28. The fraction of sp³-hybridized carbons (Fsp3) is 0.500. The van der Waals surface area contributed by atoms with E-state index in [4.69, 9.17) is 4.52 Å². The van der Waals surface area contributed by atoms with Crippen molar-refractivity contribution in [3.05, 3.63) is 47.1 Å². The van der Waals surface area contributed by atoms with Gasteiger partial charge in [0.15, 0.2) is 0 Å². The van der Waals surface area contributed by atoms with Crippen molar-refractivity contribution < 1.29 is 9.32 Å². The second kappa shape index (κ2) is 8.97. The molecule has 1 amide bonds. The minimum absolute atomic E-state index is 0. The molecule has 2 aromatic rings. The second-order valence-electron chi connectivity index (χ2n) is 6.29. The molecular weight excluding hydrogens is 340 g/mol. The molecule has 0 bridgehead atoms. The standard InChI is InChI=1S/C18H24N4O2.ClH/c1-13-17(14(2)24-21-13)18(23)22(12-15-6-3-4-10-20-15)16-7-5-9-19-11-8-16;/h3-4,6,10,16,19H,5,7-9,11-12H2,1-2H3;1H. The van der Waals surface area contributed by atoms with E-state index in [0.29, 0.717) is 23.6 Å². The number of carbonyl (C=O) groups is 1. The first-order valence-electron chi connectivity index (χ1n) is 8.51. The van der Waals surface area contributed by atoms with E-state index in [1.807, 2.05) is 30.0 Å². The van der Waals surface area contributed by atoms with E-state index in [2.05, 4.69) is 15.5 Å². The van der Waals surface area contributed by atoms with Crippen molar-refractivity contribution in [1.82, 2.24) is 20.4 Å². The lowest BCUT2D eigenvalue weighted by Gasteiger charge is -2.31. The fourth-order valence-corrected chi connectivity index (χ4v) is 3.28. The maximum Gasteiger partial charge on any atom is 0.259 e. The minimum atomic E-state index is -0.0104. The van der Waals surface area contributed by atoms with Crippen LogP contribution in [0, 0.1) is 13.8 Å². The quantitative estimate of drug-likeness (QED) is 0.903. The number of hydrogen-bond donors (Lipinski definition) is 1. The summed E-state index contributed by atoms with van der Waals surface area (Å²) < 4.78 is 5.20. The maximum absolute atomic E-state index is 13.2. The van der Waals surface area contributed by atoms with E-state index >= 15 is 0 Å². The molecule has 0 spiro atoms. The lowest BCUT2D eigenvalue weighted by Crippen LogP contribution is -2.41. The minimum Gasteiger partial charge on any atom is -0.361 e. The van der Waals surface area contributed by atoms with Gasteiger partial charge in [-0.15, -0.1) is 12.4 Å². The van der Waals surface area contributed by atoms with Crippen LogP contribution in [-0.2, 0) is 6.54 Å². The summed E-state index contributed by atoms with van der Waals surface area (Å²) >= 11 is 0. The molecule has 136 valence electrons. The number of nitrogens with one attached hydrogen (secondary N) is 1. The highest BCUT2D eigenvalue weighted by molar-refractivity contribution is 5.96. The van der Waals surface area contributed by atoms with Crippen molar-refractivity contribution in [2.45, 2.75) is 45.7 Å². The van der Waals surface area contributed by atoms with Crippen LogP contribution in [0.2, 0.25) is 0 Å². The van der Waals surface area contributed by atoms with Gasteiger partial charge in [-0.05, 0) is 58.3 Å². The van der Waals surface area contributed by atoms with E-state index in [-0.39, 0.29) is 24.4 Å². The van der Waals surface area contributed by atoms with Gasteiger partial charge in [0.05, 0.1) is 17.9 Å². The van der Waals surface area contributed by atoms with E-state index < -0.39 is 0 Å². The van der Waals surface area contributed by atoms with Crippen LogP contribution in [-0.4, -0.2) is 40.1 Å². The van der Waals surface area contributed by atoms with E-state index in [1.54, 1.807) is 13.1 Å². The summed E-state index contributed by atoms with van der Waals surface area (Å²) in [7, 11) is 0. The Hall–Kier alpha value is -1.92. The molecule has 1 atom stereocenters. The molecular formula is C18H25ClN4O2. The SMILES string of the molecule is Cc1noc(C)c1C(=O)N(Cc1ccccn1)C1CCCNCC1.Cl. The summed E-state index contributed by atoms with van der Waals surface area (Å²) in [6.45, 7) is 6.05. The molecule has 0 aromatic carbocycles. The Bertz CT molecular complexity index is 662. The van der Waals surface area contributed by atoms with Crippen LogP contribution in [0.3, 0.4) is 0 Å². The molecule has 0 radical (unpaired) electrons. The van der Waals surface area contributed by atoms with Crippen LogP contribution in [0.5, 0.6) is 0 Å². The van der Waals surface area contributed by atoms with Gasteiger partial charge in [0.25, 0.3) is 5.91 Å². The third-order valence-electron chi connectivity index (χ3n) is 4.55. The first-order chi connectivity index (χ1) is 11.7. The summed E-state index contributed by atoms with van der Waals surface area (Å²) in [5.41, 5.74) is 2.13. The number of aromatic nitrogens is 2. The largest absolute Gasteiger partial charge is 0.361 e. The Labute approximate surface area is 154 Å². The second-order valence-corrected chi connectivity index (χ2v) is 6.29. The number of nitrogens with zero attached hydrogens (tertiary/aromatic N) is 3. The molecule has 0 saturated carbocycles. The van der Waals surface area contributed by atoms with E-state index in [1.165, 1.54) is 0 Å². The highest BCUT2D eigenvalue weighted by Gasteiger charge is 2.29. The zero-order valence-electron chi connectivity index (χ0n) is 14.7. The predicted octanol–water partition coefficient (Wildman–Crippen LogP) is 2.89. The molecule has 1 fully saturated rings. The monoisotopic (exact) mass is 364 g/mol. The molecule has 3 heterocycles. The van der Waals surface area contributed by atoms with Gasteiger partial charge in [0.1, 0.15) is 11.3 Å². The summed E-state index contributed by atoms with van der Waals surface area (Å²) in [6, 6.07) is 6.00. The molecule has 0 aliphatic carbocycles. The smallest absolute Gasteiger partial charge is 0.259 e. The van der Waals surface area contributed by atoms with Crippen LogP contribution in [0.4, 0.5) is 0 Å². The zero-order valence-corrected chi connectivity index (χ0v) is 15.5. The van der Waals surface area contributed by atoms with Gasteiger partial charge >= 0.3 is 0 Å². The van der Waals surface area contributed by atoms with Crippen molar-refractivity contribution in [3.8, 4) is 0 Å². The van der Waals surface area contributed by atoms with Crippen LogP contribution in [0.1, 0.15) is 46.8 Å². The van der Waals surface area contributed by atoms with Crippen molar-refractivity contribution in [2.24, 2.45) is 0 Å². The first-order valence-corrected chi connectivity index (χ1v) is 8.51. The van der Waals surface area contributed by atoms with Crippen molar-refractivity contribution in [1.29, 1.82) is 0 Å². The lowest BCUT2D eigenvalue weighted by atomic mass is 10.0. The topological polar surface area (TPSA) is 71.3 Å². The van der Waals surface area contributed by atoms with Gasteiger partial charge in [-0.25, -0.2) is 0 Å². The number of pyridine rings is 1. The van der Waals surface area contributed by atoms with Gasteiger partial charge in [-0.1, -0.05) is 11.2 Å². The Balaban J connectivity index is 0.00000225. The average Bonchev–Trinajstić information content (AvgIpc) is 2.80. The van der Waals surface area contributed by atoms with Gasteiger partial charge in [-0.2, -0.15) is 0 Å². The molecule has 2 aromatic heterocycles. The molecule has 3 rings (SSSR count). The third kappa shape index (κ3) is 4.58. The molecule has 25 heavy (non-hydrogen) atoms. The number of aryl methyl sites for hydroxylation is 2. The predicted molar refractivity (Wildman–Crippen MR) is 97.8 cm³/mol. The molecule has 7 heteroatoms. The number of rotatable bonds is 4. The highest BCUT2D eigenvalue weighted by Crippen LogP contribution is 2.22. The lowest BCUT2D eigenvalue weighted by molar-refractivity contribution is 0.0640. The number of hydrogen-bond acceptors (Lipinski definition) is 5. The summed E-state index contributed by atoms with van der Waals surface area (Å²) in [4.78, 5) is 19.6. The summed E-state index contributed by atoms with van der Waals surface area (Å²) in [5, 5.41) is 7.35. The number of carbonyl (C=O) groups excluding carboxylic acids is 1. The normalized spacial score (nSPS) is 17.4.